The molecule has 0 bridgehead atoms. The molecule has 2 nitrogen and oxygen atoms in total. The average Bonchev–Trinajstić information content (AvgIpc) is 2.02. The third-order valence-corrected chi connectivity index (χ3v) is 2.21. The van der Waals surface area contributed by atoms with E-state index in [0.29, 0.717) is 12.0 Å². The second-order valence-electron chi connectivity index (χ2n) is 4.01. The van der Waals surface area contributed by atoms with Crippen LogP contribution in [0.15, 0.2) is 0 Å². The quantitative estimate of drug-likeness (QED) is 0.667. The van der Waals surface area contributed by atoms with E-state index in [-0.39, 0.29) is 0 Å². The molecule has 0 saturated carbocycles. The van der Waals surface area contributed by atoms with E-state index in [9.17, 15) is 0 Å². The summed E-state index contributed by atoms with van der Waals surface area (Å²) in [6.45, 7) is 7.36. The number of nitrogens with two attached hydrogens (primary N) is 1. The van der Waals surface area contributed by atoms with E-state index in [1.54, 1.807) is 7.11 Å². The van der Waals surface area contributed by atoms with Crippen LogP contribution in [0.25, 0.3) is 0 Å². The lowest BCUT2D eigenvalue weighted by atomic mass is 9.92. The van der Waals surface area contributed by atoms with Crippen molar-refractivity contribution in [3.63, 3.8) is 0 Å². The van der Waals surface area contributed by atoms with Gasteiger partial charge in [0.25, 0.3) is 0 Å². The van der Waals surface area contributed by atoms with E-state index in [1.807, 2.05) is 0 Å². The van der Waals surface area contributed by atoms with Gasteiger partial charge in [-0.05, 0) is 38.1 Å². The SMILES string of the molecule is COC(C)CC(CN)CC(C)C. The van der Waals surface area contributed by atoms with Gasteiger partial charge in [-0.15, -0.1) is 0 Å². The van der Waals surface area contributed by atoms with Crippen LogP contribution in [0.2, 0.25) is 0 Å². The monoisotopic (exact) mass is 173 g/mol. The van der Waals surface area contributed by atoms with Crippen molar-refractivity contribution in [1.82, 2.24) is 0 Å². The van der Waals surface area contributed by atoms with Crippen LogP contribution in [0.1, 0.15) is 33.6 Å². The zero-order valence-electron chi connectivity index (χ0n) is 8.84. The number of hydrogen-bond acceptors (Lipinski definition) is 2. The topological polar surface area (TPSA) is 35.2 Å². The lowest BCUT2D eigenvalue weighted by Crippen LogP contribution is -2.21. The van der Waals surface area contributed by atoms with Gasteiger partial charge >= 0.3 is 0 Å². The predicted octanol–water partition coefficient (Wildman–Crippen LogP) is 2.03. The molecule has 0 aliphatic carbocycles. The molecule has 0 radical (unpaired) electrons. The van der Waals surface area contributed by atoms with Crippen LogP contribution in [0.3, 0.4) is 0 Å². The van der Waals surface area contributed by atoms with E-state index < -0.39 is 0 Å². The van der Waals surface area contributed by atoms with Crippen LogP contribution < -0.4 is 5.73 Å². The molecule has 0 aromatic carbocycles. The number of rotatable bonds is 6. The van der Waals surface area contributed by atoms with Crippen molar-refractivity contribution in [3.05, 3.63) is 0 Å². The molecule has 74 valence electrons. The van der Waals surface area contributed by atoms with Crippen LogP contribution in [0, 0.1) is 11.8 Å². The van der Waals surface area contributed by atoms with Crippen molar-refractivity contribution < 1.29 is 4.74 Å². The maximum absolute atomic E-state index is 5.67. The van der Waals surface area contributed by atoms with Crippen molar-refractivity contribution in [2.75, 3.05) is 13.7 Å². The van der Waals surface area contributed by atoms with Crippen LogP contribution >= 0.6 is 0 Å². The average molecular weight is 173 g/mol. The van der Waals surface area contributed by atoms with Crippen molar-refractivity contribution >= 4 is 0 Å². The first-order chi connectivity index (χ1) is 5.60. The van der Waals surface area contributed by atoms with Crippen molar-refractivity contribution in [3.8, 4) is 0 Å². The Bertz CT molecular complexity index is 104. The Morgan fingerprint density at radius 1 is 1.17 bits per heavy atom. The summed E-state index contributed by atoms with van der Waals surface area (Å²) in [4.78, 5) is 0. The summed E-state index contributed by atoms with van der Waals surface area (Å²) in [6.07, 6.45) is 2.65. The maximum atomic E-state index is 5.67. The fourth-order valence-corrected chi connectivity index (χ4v) is 1.52. The smallest absolute Gasteiger partial charge is 0.0546 e. The Hall–Kier alpha value is -0.0800. The molecule has 0 rings (SSSR count). The van der Waals surface area contributed by atoms with Crippen molar-refractivity contribution in [1.29, 1.82) is 0 Å². The number of methoxy groups -OCH3 is 1. The molecule has 0 fully saturated rings. The summed E-state index contributed by atoms with van der Waals surface area (Å²) in [6, 6.07) is 0. The Morgan fingerprint density at radius 2 is 1.75 bits per heavy atom. The summed E-state index contributed by atoms with van der Waals surface area (Å²) >= 11 is 0. The van der Waals surface area contributed by atoms with Gasteiger partial charge in [0.05, 0.1) is 6.10 Å². The second kappa shape index (κ2) is 6.44. The van der Waals surface area contributed by atoms with Crippen LogP contribution in [-0.4, -0.2) is 19.8 Å². The molecule has 0 aliphatic heterocycles. The van der Waals surface area contributed by atoms with E-state index in [0.717, 1.165) is 18.9 Å². The fourth-order valence-electron chi connectivity index (χ4n) is 1.52. The minimum Gasteiger partial charge on any atom is -0.382 e. The summed E-state index contributed by atoms with van der Waals surface area (Å²) in [5.74, 6) is 1.36. The van der Waals surface area contributed by atoms with Crippen LogP contribution in [0.5, 0.6) is 0 Å². The van der Waals surface area contributed by atoms with Gasteiger partial charge in [0.15, 0.2) is 0 Å². The normalized spacial score (nSPS) is 16.5. The van der Waals surface area contributed by atoms with Gasteiger partial charge in [0, 0.05) is 7.11 Å². The zero-order valence-corrected chi connectivity index (χ0v) is 8.84. The molecule has 0 aromatic rings. The van der Waals surface area contributed by atoms with E-state index in [2.05, 4.69) is 20.8 Å². The van der Waals surface area contributed by atoms with Gasteiger partial charge in [-0.3, -0.25) is 0 Å². The lowest BCUT2D eigenvalue weighted by molar-refractivity contribution is 0.0925. The Morgan fingerprint density at radius 3 is 2.08 bits per heavy atom. The summed E-state index contributed by atoms with van der Waals surface area (Å²) in [5, 5.41) is 0. The molecule has 0 aliphatic rings. The highest BCUT2D eigenvalue weighted by Crippen LogP contribution is 2.16. The predicted molar refractivity (Wildman–Crippen MR) is 53.1 cm³/mol. The first kappa shape index (κ1) is 11.9. The second-order valence-corrected chi connectivity index (χ2v) is 4.01. The first-order valence-electron chi connectivity index (χ1n) is 4.83. The van der Waals surface area contributed by atoms with Crippen LogP contribution in [0.4, 0.5) is 0 Å². The van der Waals surface area contributed by atoms with Gasteiger partial charge in [0.2, 0.25) is 0 Å². The Labute approximate surface area is 76.5 Å². The van der Waals surface area contributed by atoms with Gasteiger partial charge in [-0.25, -0.2) is 0 Å². The fraction of sp³-hybridized carbons (Fsp3) is 1.00. The molecule has 2 atom stereocenters. The molecule has 0 aromatic heterocycles. The molecule has 2 unspecified atom stereocenters. The van der Waals surface area contributed by atoms with Crippen molar-refractivity contribution in [2.45, 2.75) is 39.7 Å². The summed E-state index contributed by atoms with van der Waals surface area (Å²) in [7, 11) is 1.76. The van der Waals surface area contributed by atoms with Gasteiger partial charge in [-0.2, -0.15) is 0 Å². The highest BCUT2D eigenvalue weighted by atomic mass is 16.5. The molecule has 2 N–H and O–H groups in total. The van der Waals surface area contributed by atoms with Crippen LogP contribution in [-0.2, 0) is 4.74 Å². The summed E-state index contributed by atoms with van der Waals surface area (Å²) < 4.78 is 5.21. The van der Waals surface area contributed by atoms with E-state index in [4.69, 9.17) is 10.5 Å². The van der Waals surface area contributed by atoms with E-state index in [1.165, 1.54) is 6.42 Å². The highest BCUT2D eigenvalue weighted by Gasteiger charge is 2.12. The Kier molecular flexibility index (Phi) is 6.39. The minimum atomic E-state index is 0.345. The first-order valence-corrected chi connectivity index (χ1v) is 4.83. The van der Waals surface area contributed by atoms with E-state index >= 15 is 0 Å². The molecule has 0 amide bonds. The molecule has 2 heteroatoms. The minimum absolute atomic E-state index is 0.345. The third kappa shape index (κ3) is 5.56. The highest BCUT2D eigenvalue weighted by molar-refractivity contribution is 4.65. The molecule has 12 heavy (non-hydrogen) atoms. The number of hydrogen-bond donors (Lipinski definition) is 1. The van der Waals surface area contributed by atoms with Gasteiger partial charge < -0.3 is 10.5 Å². The molecule has 0 heterocycles. The molecule has 0 saturated heterocycles. The lowest BCUT2D eigenvalue weighted by Gasteiger charge is -2.20. The number of ether oxygens (including phenoxy) is 1. The molecular formula is C10H23NO. The standard InChI is InChI=1S/C10H23NO/c1-8(2)5-10(7-11)6-9(3)12-4/h8-10H,5-7,11H2,1-4H3. The zero-order chi connectivity index (χ0) is 9.56. The molecule has 0 spiro atoms. The van der Waals surface area contributed by atoms with Gasteiger partial charge in [-0.1, -0.05) is 13.8 Å². The maximum Gasteiger partial charge on any atom is 0.0546 e. The molecular weight excluding hydrogens is 150 g/mol. The summed E-state index contributed by atoms with van der Waals surface area (Å²) in [5.41, 5.74) is 5.67. The third-order valence-electron chi connectivity index (χ3n) is 2.21. The van der Waals surface area contributed by atoms with Crippen molar-refractivity contribution in [2.24, 2.45) is 17.6 Å². The van der Waals surface area contributed by atoms with Gasteiger partial charge in [0.1, 0.15) is 0 Å². The Balaban J connectivity index is 3.66. The largest absolute Gasteiger partial charge is 0.382 e.